The molecule has 0 fully saturated rings. The number of hydrogen-bond donors (Lipinski definition) is 4. The Kier molecular flexibility index (Phi) is 1.33. The fourth-order valence-corrected chi connectivity index (χ4v) is 1.96. The summed E-state index contributed by atoms with van der Waals surface area (Å²) in [5.74, 6) is 1.36. The Bertz CT molecular complexity index is 564. The summed E-state index contributed by atoms with van der Waals surface area (Å²) in [5.41, 5.74) is 8.56. The molecule has 15 heavy (non-hydrogen) atoms. The van der Waals surface area contributed by atoms with Crippen LogP contribution in [0.4, 0.5) is 11.6 Å². The second kappa shape index (κ2) is 2.44. The lowest BCUT2D eigenvalue weighted by Crippen LogP contribution is -1.93. The molecule has 0 saturated carbocycles. The van der Waals surface area contributed by atoms with E-state index in [-0.39, 0.29) is 5.78 Å². The predicted molar refractivity (Wildman–Crippen MR) is 58.0 cm³/mol. The molecule has 5 nitrogen and oxygen atoms in total. The maximum atomic E-state index is 11.9. The average molecular weight is 202 g/mol. The first-order valence-corrected chi connectivity index (χ1v) is 4.65. The lowest BCUT2D eigenvalue weighted by Gasteiger charge is -1.94. The molecule has 0 saturated heterocycles. The van der Waals surface area contributed by atoms with Gasteiger partial charge in [0.1, 0.15) is 11.6 Å². The van der Waals surface area contributed by atoms with Crippen LogP contribution in [-0.2, 0) is 0 Å². The van der Waals surface area contributed by atoms with Crippen molar-refractivity contribution in [3.8, 4) is 11.4 Å². The summed E-state index contributed by atoms with van der Waals surface area (Å²) < 4.78 is 0. The molecule has 0 radical (unpaired) electrons. The second-order valence-corrected chi connectivity index (χ2v) is 3.56. The van der Waals surface area contributed by atoms with E-state index >= 15 is 0 Å². The number of fused-ring (bicyclic) bond motifs is 3. The third-order valence-corrected chi connectivity index (χ3v) is 2.66. The largest absolute Gasteiger partial charge is 0.385 e. The molecule has 1 aliphatic rings. The zero-order chi connectivity index (χ0) is 10.6. The standard InChI is InChI=1S/C10H10N4O/c1-12-7-3-5-9(14-7)8-4(10(5)15)2-6(11)13-8/h2-3,12-14H,11H2,1H3. The number of hydrogen-bond acceptors (Lipinski definition) is 3. The summed E-state index contributed by atoms with van der Waals surface area (Å²) in [5, 5.41) is 2.96. The van der Waals surface area contributed by atoms with Gasteiger partial charge in [-0.25, -0.2) is 0 Å². The van der Waals surface area contributed by atoms with E-state index in [2.05, 4.69) is 15.3 Å². The van der Waals surface area contributed by atoms with Crippen molar-refractivity contribution in [1.82, 2.24) is 9.97 Å². The van der Waals surface area contributed by atoms with Crippen molar-refractivity contribution in [2.45, 2.75) is 0 Å². The monoisotopic (exact) mass is 202 g/mol. The molecule has 2 aromatic heterocycles. The Balaban J connectivity index is 2.28. The molecule has 5 heteroatoms. The Morgan fingerprint density at radius 1 is 1.20 bits per heavy atom. The number of carbonyl (C=O) groups excluding carboxylic acids is 1. The van der Waals surface area contributed by atoms with Crippen LogP contribution in [-0.4, -0.2) is 22.8 Å². The smallest absolute Gasteiger partial charge is 0.197 e. The molecule has 0 spiro atoms. The highest BCUT2D eigenvalue weighted by Crippen LogP contribution is 2.37. The highest BCUT2D eigenvalue weighted by molar-refractivity contribution is 6.21. The van der Waals surface area contributed by atoms with Gasteiger partial charge in [0.15, 0.2) is 5.78 Å². The molecule has 0 aromatic carbocycles. The van der Waals surface area contributed by atoms with E-state index in [1.165, 1.54) is 0 Å². The third kappa shape index (κ3) is 0.890. The van der Waals surface area contributed by atoms with Crippen molar-refractivity contribution in [3.05, 3.63) is 23.3 Å². The van der Waals surface area contributed by atoms with Crippen molar-refractivity contribution in [2.24, 2.45) is 0 Å². The van der Waals surface area contributed by atoms with Crippen LogP contribution in [0.1, 0.15) is 15.9 Å². The van der Waals surface area contributed by atoms with Crippen molar-refractivity contribution >= 4 is 17.4 Å². The summed E-state index contributed by atoms with van der Waals surface area (Å²) in [6.45, 7) is 0. The molecule has 76 valence electrons. The molecule has 0 bridgehead atoms. The SMILES string of the molecule is CNc1cc2c([nH]1)-c1[nH]c(N)cc1C2=O. The van der Waals surface area contributed by atoms with Crippen LogP contribution in [0, 0.1) is 0 Å². The van der Waals surface area contributed by atoms with Gasteiger partial charge in [0, 0.05) is 7.05 Å². The van der Waals surface area contributed by atoms with E-state index in [0.29, 0.717) is 16.9 Å². The van der Waals surface area contributed by atoms with Gasteiger partial charge in [0.2, 0.25) is 0 Å². The van der Waals surface area contributed by atoms with E-state index < -0.39 is 0 Å². The minimum absolute atomic E-state index is 0.0192. The highest BCUT2D eigenvalue weighted by atomic mass is 16.1. The Morgan fingerprint density at radius 3 is 2.60 bits per heavy atom. The van der Waals surface area contributed by atoms with Crippen LogP contribution in [0.2, 0.25) is 0 Å². The van der Waals surface area contributed by atoms with Gasteiger partial charge in [0.25, 0.3) is 0 Å². The van der Waals surface area contributed by atoms with E-state index in [0.717, 1.165) is 17.2 Å². The van der Waals surface area contributed by atoms with Crippen LogP contribution in [0.25, 0.3) is 11.4 Å². The number of H-pyrrole nitrogens is 2. The molecule has 1 aliphatic carbocycles. The number of anilines is 2. The number of aromatic nitrogens is 2. The molecule has 2 heterocycles. The maximum Gasteiger partial charge on any atom is 0.197 e. The van der Waals surface area contributed by atoms with Gasteiger partial charge in [-0.1, -0.05) is 0 Å². The Labute approximate surface area is 85.7 Å². The first kappa shape index (κ1) is 8.16. The van der Waals surface area contributed by atoms with Gasteiger partial charge < -0.3 is 21.0 Å². The summed E-state index contributed by atoms with van der Waals surface area (Å²) in [4.78, 5) is 18.0. The number of aromatic amines is 2. The number of ketones is 1. The lowest BCUT2D eigenvalue weighted by atomic mass is 10.2. The van der Waals surface area contributed by atoms with E-state index in [9.17, 15) is 4.79 Å². The molecule has 2 aromatic rings. The van der Waals surface area contributed by atoms with Crippen molar-refractivity contribution in [1.29, 1.82) is 0 Å². The van der Waals surface area contributed by atoms with Crippen LogP contribution < -0.4 is 11.1 Å². The summed E-state index contributed by atoms with van der Waals surface area (Å²) >= 11 is 0. The molecule has 0 atom stereocenters. The number of carbonyl (C=O) groups is 1. The lowest BCUT2D eigenvalue weighted by molar-refractivity contribution is 0.104. The van der Waals surface area contributed by atoms with Crippen molar-refractivity contribution < 1.29 is 4.79 Å². The Hall–Kier alpha value is -2.17. The molecule has 0 unspecified atom stereocenters. The number of nitrogens with two attached hydrogens (primary N) is 1. The van der Waals surface area contributed by atoms with Gasteiger partial charge in [-0.3, -0.25) is 4.79 Å². The normalized spacial score (nSPS) is 12.7. The average Bonchev–Trinajstić information content (AvgIpc) is 2.83. The molecular formula is C10H10N4O. The molecular weight excluding hydrogens is 192 g/mol. The summed E-state index contributed by atoms with van der Waals surface area (Å²) in [6.07, 6.45) is 0. The topological polar surface area (TPSA) is 86.7 Å². The van der Waals surface area contributed by atoms with E-state index in [1.54, 1.807) is 13.1 Å². The minimum atomic E-state index is 0.0192. The van der Waals surface area contributed by atoms with Gasteiger partial charge in [-0.2, -0.15) is 0 Å². The minimum Gasteiger partial charge on any atom is -0.385 e. The third-order valence-electron chi connectivity index (χ3n) is 2.66. The first-order valence-electron chi connectivity index (χ1n) is 4.65. The van der Waals surface area contributed by atoms with Crippen molar-refractivity contribution in [2.75, 3.05) is 18.1 Å². The van der Waals surface area contributed by atoms with Gasteiger partial charge >= 0.3 is 0 Å². The summed E-state index contributed by atoms with van der Waals surface area (Å²) in [7, 11) is 1.80. The Morgan fingerprint density at radius 2 is 1.87 bits per heavy atom. The van der Waals surface area contributed by atoms with Gasteiger partial charge in [-0.05, 0) is 12.1 Å². The van der Waals surface area contributed by atoms with E-state index in [4.69, 9.17) is 5.73 Å². The second-order valence-electron chi connectivity index (χ2n) is 3.56. The van der Waals surface area contributed by atoms with Gasteiger partial charge in [0.05, 0.1) is 22.5 Å². The van der Waals surface area contributed by atoms with Crippen LogP contribution in [0.5, 0.6) is 0 Å². The molecule has 3 rings (SSSR count). The van der Waals surface area contributed by atoms with Crippen LogP contribution in [0.15, 0.2) is 12.1 Å². The van der Waals surface area contributed by atoms with Gasteiger partial charge in [-0.15, -0.1) is 0 Å². The predicted octanol–water partition coefficient (Wildman–Crippen LogP) is 1.18. The number of nitrogens with one attached hydrogen (secondary N) is 3. The molecule has 0 amide bonds. The molecule has 5 N–H and O–H groups in total. The van der Waals surface area contributed by atoms with Crippen LogP contribution in [0.3, 0.4) is 0 Å². The molecule has 0 aliphatic heterocycles. The fourth-order valence-electron chi connectivity index (χ4n) is 1.96. The quantitative estimate of drug-likeness (QED) is 0.478. The summed E-state index contributed by atoms with van der Waals surface area (Å²) in [6, 6.07) is 3.48. The zero-order valence-electron chi connectivity index (χ0n) is 8.14. The number of nitrogen functional groups attached to an aromatic ring is 1. The zero-order valence-corrected chi connectivity index (χ0v) is 8.14. The first-order chi connectivity index (χ1) is 7.20. The van der Waals surface area contributed by atoms with Crippen LogP contribution >= 0.6 is 0 Å². The highest BCUT2D eigenvalue weighted by Gasteiger charge is 2.30. The van der Waals surface area contributed by atoms with E-state index in [1.807, 2.05) is 6.07 Å². The number of rotatable bonds is 1. The van der Waals surface area contributed by atoms with Crippen molar-refractivity contribution in [3.63, 3.8) is 0 Å². The fraction of sp³-hybridized carbons (Fsp3) is 0.100. The maximum absolute atomic E-state index is 11.9.